The van der Waals surface area contributed by atoms with Gasteiger partial charge >= 0.3 is 0 Å². The summed E-state index contributed by atoms with van der Waals surface area (Å²) in [6.45, 7) is 5.56. The van der Waals surface area contributed by atoms with E-state index in [4.69, 9.17) is 9.47 Å². The van der Waals surface area contributed by atoms with Crippen LogP contribution in [0.4, 0.5) is 4.39 Å². The number of hydrogen-bond donors (Lipinski definition) is 1. The van der Waals surface area contributed by atoms with E-state index in [1.165, 1.54) is 6.07 Å². The monoisotopic (exact) mass is 333 g/mol. The molecule has 0 aromatic heterocycles. The van der Waals surface area contributed by atoms with Crippen LogP contribution < -0.4 is 10.1 Å². The number of unbranched alkanes of at least 4 members (excludes halogenated alkanes) is 1. The molecule has 0 bridgehead atoms. The molecule has 0 heterocycles. The maximum atomic E-state index is 13.4. The lowest BCUT2D eigenvalue weighted by Gasteiger charge is -2.09. The van der Waals surface area contributed by atoms with E-state index in [1.54, 1.807) is 12.1 Å². The van der Waals surface area contributed by atoms with Gasteiger partial charge < -0.3 is 14.8 Å². The third-order valence-corrected chi connectivity index (χ3v) is 2.99. The van der Waals surface area contributed by atoms with Crippen LogP contribution in [0.1, 0.15) is 19.8 Å². The fraction of sp³-hybridized carbons (Fsp3) is 0.571. The smallest absolute Gasteiger partial charge is 0.166 e. The van der Waals surface area contributed by atoms with Gasteiger partial charge in [-0.15, -0.1) is 0 Å². The minimum Gasteiger partial charge on any atom is -0.489 e. The van der Waals surface area contributed by atoms with E-state index in [-0.39, 0.29) is 11.6 Å². The van der Waals surface area contributed by atoms with Gasteiger partial charge in [0.15, 0.2) is 11.6 Å². The molecule has 0 fully saturated rings. The molecular formula is C14H21BrFNO2. The molecule has 19 heavy (non-hydrogen) atoms. The molecule has 0 spiro atoms. The minimum atomic E-state index is -0.350. The van der Waals surface area contributed by atoms with Gasteiger partial charge in [0.2, 0.25) is 0 Å². The lowest BCUT2D eigenvalue weighted by Crippen LogP contribution is -2.25. The van der Waals surface area contributed by atoms with Crippen LogP contribution in [0.3, 0.4) is 0 Å². The normalized spacial score (nSPS) is 10.7. The predicted octanol–water partition coefficient (Wildman–Crippen LogP) is 3.37. The van der Waals surface area contributed by atoms with Gasteiger partial charge in [-0.05, 0) is 24.6 Å². The number of rotatable bonds is 10. The highest BCUT2D eigenvalue weighted by molar-refractivity contribution is 9.10. The lowest BCUT2D eigenvalue weighted by molar-refractivity contribution is 0.132. The van der Waals surface area contributed by atoms with Crippen molar-refractivity contribution in [2.24, 2.45) is 0 Å². The summed E-state index contributed by atoms with van der Waals surface area (Å²) in [6, 6.07) is 4.77. The summed E-state index contributed by atoms with van der Waals surface area (Å²) in [5.41, 5.74) is 0. The van der Waals surface area contributed by atoms with Gasteiger partial charge in [-0.1, -0.05) is 29.3 Å². The fourth-order valence-corrected chi connectivity index (χ4v) is 1.78. The zero-order chi connectivity index (χ0) is 13.9. The summed E-state index contributed by atoms with van der Waals surface area (Å²) in [7, 11) is 0. The van der Waals surface area contributed by atoms with Crippen molar-refractivity contribution < 1.29 is 13.9 Å². The van der Waals surface area contributed by atoms with Crippen LogP contribution >= 0.6 is 15.9 Å². The molecule has 0 amide bonds. The molecule has 0 aliphatic carbocycles. The average Bonchev–Trinajstić information content (AvgIpc) is 2.39. The third-order valence-electron chi connectivity index (χ3n) is 2.50. The molecular weight excluding hydrogens is 313 g/mol. The summed E-state index contributed by atoms with van der Waals surface area (Å²) in [6.07, 6.45) is 2.26. The molecule has 5 heteroatoms. The molecule has 0 unspecified atom stereocenters. The molecule has 1 N–H and O–H groups in total. The largest absolute Gasteiger partial charge is 0.489 e. The number of ether oxygens (including phenoxy) is 2. The summed E-state index contributed by atoms with van der Waals surface area (Å²) in [5, 5.41) is 3.18. The SMILES string of the molecule is CCCCOCCNCCOc1ccc(Br)cc1F. The first-order chi connectivity index (χ1) is 9.24. The second-order valence-electron chi connectivity index (χ2n) is 4.14. The number of benzene rings is 1. The first-order valence-electron chi connectivity index (χ1n) is 6.60. The van der Waals surface area contributed by atoms with E-state index in [0.29, 0.717) is 24.2 Å². The maximum absolute atomic E-state index is 13.4. The first-order valence-corrected chi connectivity index (χ1v) is 7.39. The van der Waals surface area contributed by atoms with Crippen LogP contribution in [0, 0.1) is 5.82 Å². The van der Waals surface area contributed by atoms with Crippen molar-refractivity contribution in [1.82, 2.24) is 5.32 Å². The van der Waals surface area contributed by atoms with Crippen LogP contribution in [0.25, 0.3) is 0 Å². The highest BCUT2D eigenvalue weighted by Gasteiger charge is 2.02. The van der Waals surface area contributed by atoms with Gasteiger partial charge in [-0.2, -0.15) is 0 Å². The van der Waals surface area contributed by atoms with E-state index in [2.05, 4.69) is 28.2 Å². The Labute approximate surface area is 122 Å². The molecule has 1 aromatic rings. The molecule has 1 aromatic carbocycles. The Balaban J connectivity index is 2.01. The van der Waals surface area contributed by atoms with Crippen LogP contribution in [-0.2, 0) is 4.74 Å². The average molecular weight is 334 g/mol. The summed E-state index contributed by atoms with van der Waals surface area (Å²) >= 11 is 3.20. The van der Waals surface area contributed by atoms with Crippen molar-refractivity contribution in [2.75, 3.05) is 32.9 Å². The van der Waals surface area contributed by atoms with E-state index in [1.807, 2.05) is 0 Å². The molecule has 0 aliphatic rings. The zero-order valence-corrected chi connectivity index (χ0v) is 12.8. The standard InChI is InChI=1S/C14H21BrFNO2/c1-2-3-8-18-9-6-17-7-10-19-14-5-4-12(15)11-13(14)16/h4-5,11,17H,2-3,6-10H2,1H3. The van der Waals surface area contributed by atoms with Gasteiger partial charge in [0.05, 0.1) is 6.61 Å². The van der Waals surface area contributed by atoms with E-state index in [0.717, 1.165) is 26.0 Å². The lowest BCUT2D eigenvalue weighted by atomic mass is 10.3. The van der Waals surface area contributed by atoms with Crippen LogP contribution in [0.2, 0.25) is 0 Å². The number of nitrogens with one attached hydrogen (secondary N) is 1. The Morgan fingerprint density at radius 1 is 1.21 bits per heavy atom. The molecule has 0 aliphatic heterocycles. The zero-order valence-electron chi connectivity index (χ0n) is 11.3. The second-order valence-corrected chi connectivity index (χ2v) is 5.05. The number of hydrogen-bond acceptors (Lipinski definition) is 3. The topological polar surface area (TPSA) is 30.5 Å². The van der Waals surface area contributed by atoms with Gasteiger partial charge in [-0.25, -0.2) is 4.39 Å². The van der Waals surface area contributed by atoms with Gasteiger partial charge in [0.25, 0.3) is 0 Å². The first kappa shape index (κ1) is 16.4. The van der Waals surface area contributed by atoms with Crippen LogP contribution in [-0.4, -0.2) is 32.9 Å². The molecule has 0 atom stereocenters. The van der Waals surface area contributed by atoms with E-state index >= 15 is 0 Å². The van der Waals surface area contributed by atoms with Crippen molar-refractivity contribution in [3.05, 3.63) is 28.5 Å². The summed E-state index contributed by atoms with van der Waals surface area (Å²) < 4.78 is 24.9. The highest BCUT2D eigenvalue weighted by atomic mass is 79.9. The Bertz CT molecular complexity index is 363. The molecule has 3 nitrogen and oxygen atoms in total. The van der Waals surface area contributed by atoms with Crippen LogP contribution in [0.15, 0.2) is 22.7 Å². The fourth-order valence-electron chi connectivity index (χ4n) is 1.44. The van der Waals surface area contributed by atoms with Crippen molar-refractivity contribution in [3.63, 3.8) is 0 Å². The Kier molecular flexibility index (Phi) is 8.79. The molecule has 0 saturated carbocycles. The van der Waals surface area contributed by atoms with Gasteiger partial charge in [-0.3, -0.25) is 0 Å². The molecule has 1 rings (SSSR count). The summed E-state index contributed by atoms with van der Waals surface area (Å²) in [4.78, 5) is 0. The maximum Gasteiger partial charge on any atom is 0.166 e. The van der Waals surface area contributed by atoms with Gasteiger partial charge in [0.1, 0.15) is 6.61 Å². The summed E-state index contributed by atoms with van der Waals surface area (Å²) in [5.74, 6) is -0.0681. The molecule has 108 valence electrons. The second kappa shape index (κ2) is 10.2. The van der Waals surface area contributed by atoms with Crippen molar-refractivity contribution >= 4 is 15.9 Å². The van der Waals surface area contributed by atoms with Crippen molar-refractivity contribution in [3.8, 4) is 5.75 Å². The van der Waals surface area contributed by atoms with Crippen molar-refractivity contribution in [2.45, 2.75) is 19.8 Å². The predicted molar refractivity (Wildman–Crippen MR) is 78.2 cm³/mol. The Hall–Kier alpha value is -0.650. The van der Waals surface area contributed by atoms with Crippen LogP contribution in [0.5, 0.6) is 5.75 Å². The third kappa shape index (κ3) is 7.50. The Morgan fingerprint density at radius 3 is 2.74 bits per heavy atom. The Morgan fingerprint density at radius 2 is 2.00 bits per heavy atom. The molecule has 0 saturated heterocycles. The minimum absolute atomic E-state index is 0.282. The van der Waals surface area contributed by atoms with E-state index < -0.39 is 0 Å². The highest BCUT2D eigenvalue weighted by Crippen LogP contribution is 2.21. The molecule has 0 radical (unpaired) electrons. The van der Waals surface area contributed by atoms with Gasteiger partial charge in [0, 0.05) is 24.2 Å². The van der Waals surface area contributed by atoms with Crippen molar-refractivity contribution in [1.29, 1.82) is 0 Å². The quantitative estimate of drug-likeness (QED) is 0.666. The van der Waals surface area contributed by atoms with E-state index in [9.17, 15) is 4.39 Å². The number of halogens is 2.